The number of fused-ring (bicyclic) bond motifs is 2. The molecule has 246 valence electrons. The van der Waals surface area contributed by atoms with Crippen LogP contribution < -0.4 is 15.8 Å². The van der Waals surface area contributed by atoms with Crippen LogP contribution in [0.4, 0.5) is 24.5 Å². The number of nitrogen functional groups attached to an aromatic ring is 1. The Bertz CT molecular complexity index is 1860. The van der Waals surface area contributed by atoms with Crippen molar-refractivity contribution in [1.29, 1.82) is 0 Å². The van der Waals surface area contributed by atoms with Crippen molar-refractivity contribution in [2.24, 2.45) is 0 Å². The van der Waals surface area contributed by atoms with E-state index < -0.39 is 23.3 Å². The molecule has 2 amide bonds. The molecule has 6 heterocycles. The number of carbonyl (C=O) groups excluding carboxylic acids is 2. The van der Waals surface area contributed by atoms with E-state index in [1.165, 1.54) is 17.6 Å². The van der Waals surface area contributed by atoms with Crippen LogP contribution in [-0.4, -0.2) is 113 Å². The number of piperazine rings is 1. The van der Waals surface area contributed by atoms with E-state index in [-0.39, 0.29) is 50.6 Å². The number of nitrogens with one attached hydrogen (secondary N) is 1. The fourth-order valence-electron chi connectivity index (χ4n) is 7.64. The Morgan fingerprint density at radius 1 is 1.04 bits per heavy atom. The molecule has 4 aliphatic rings. The van der Waals surface area contributed by atoms with Gasteiger partial charge in [0.2, 0.25) is 5.91 Å². The van der Waals surface area contributed by atoms with E-state index in [9.17, 15) is 14.0 Å². The lowest BCUT2D eigenvalue weighted by atomic mass is 9.85. The van der Waals surface area contributed by atoms with Gasteiger partial charge in [0.25, 0.3) is 0 Å². The molecule has 0 atom stereocenters. The van der Waals surface area contributed by atoms with Gasteiger partial charge in [-0.05, 0) is 51.6 Å². The molecule has 0 spiro atoms. The summed E-state index contributed by atoms with van der Waals surface area (Å²) in [6, 6.07) is 2.08. The second kappa shape index (κ2) is 11.3. The minimum Gasteiger partial charge on any atom is -0.455 e. The molecule has 4 aromatic rings. The topological polar surface area (TPSA) is 161 Å². The van der Waals surface area contributed by atoms with Gasteiger partial charge >= 0.3 is 12.0 Å². The molecule has 1 saturated carbocycles. The van der Waals surface area contributed by atoms with Crippen molar-refractivity contribution in [3.63, 3.8) is 0 Å². The highest BCUT2D eigenvalue weighted by molar-refractivity contribution is 7.22. The average molecular weight is 666 g/mol. The number of nitrogens with two attached hydrogens (primary N) is 1. The van der Waals surface area contributed by atoms with Crippen LogP contribution in [-0.2, 0) is 4.79 Å². The monoisotopic (exact) mass is 665 g/mol. The summed E-state index contributed by atoms with van der Waals surface area (Å²) in [5.74, 6) is -1.41. The van der Waals surface area contributed by atoms with Gasteiger partial charge in [-0.2, -0.15) is 19.7 Å². The van der Waals surface area contributed by atoms with Crippen molar-refractivity contribution < 1.29 is 23.1 Å². The summed E-state index contributed by atoms with van der Waals surface area (Å²) < 4.78 is 38.1. The molecule has 0 radical (unpaired) electrons. The molecule has 1 aromatic carbocycles. The minimum atomic E-state index is -0.822. The van der Waals surface area contributed by atoms with Crippen molar-refractivity contribution in [2.45, 2.75) is 49.7 Å². The largest absolute Gasteiger partial charge is 0.455 e. The molecule has 3 saturated heterocycles. The molecule has 47 heavy (non-hydrogen) atoms. The van der Waals surface area contributed by atoms with Crippen LogP contribution in [0, 0.1) is 11.6 Å². The Hall–Kier alpha value is -4.51. The molecule has 3 aliphatic heterocycles. The van der Waals surface area contributed by atoms with Crippen LogP contribution >= 0.6 is 11.3 Å². The van der Waals surface area contributed by atoms with Crippen molar-refractivity contribution in [3.05, 3.63) is 36.4 Å². The van der Waals surface area contributed by atoms with Crippen LogP contribution in [0.5, 0.6) is 6.01 Å². The van der Waals surface area contributed by atoms with E-state index >= 15 is 4.39 Å². The Balaban J connectivity index is 1.05. The molecule has 0 bridgehead atoms. The number of hydrogen-bond acceptors (Lipinski definition) is 12. The Morgan fingerprint density at radius 2 is 1.85 bits per heavy atom. The van der Waals surface area contributed by atoms with Gasteiger partial charge < -0.3 is 25.6 Å². The standard InChI is InChI=1S/C30H33F2N11O3S/c31-18-13-19(32)25-24(39-26(33)47-25)23(18)20-14-21(35-7-10-40-11-12-41(15-22(40)44)28(45)43-17-34-16-36-43)38-27(37-20)46-30(5-6-30)29-3-1-8-42(29)9-2-4-29/h13-14,16-17H,1-12,15H2,(H2,33,39)(H,35,37,38). The molecule has 0 unspecified atom stereocenters. The highest BCUT2D eigenvalue weighted by Gasteiger charge is 2.67. The first-order chi connectivity index (χ1) is 22.7. The molecule has 14 nitrogen and oxygen atoms in total. The Kier molecular flexibility index (Phi) is 7.20. The first-order valence-electron chi connectivity index (χ1n) is 15.8. The SMILES string of the molecule is Nc1nc2c(-c3cc(NCCN4CCN(C(=O)n5cncn5)CC4=O)nc(OC4(C56CCCN5CCC6)CC4)n3)c(F)cc(F)c2s1. The van der Waals surface area contributed by atoms with Gasteiger partial charge in [-0.3, -0.25) is 9.69 Å². The van der Waals surface area contributed by atoms with Crippen molar-refractivity contribution in [2.75, 3.05) is 56.9 Å². The predicted octanol–water partition coefficient (Wildman–Crippen LogP) is 2.97. The summed E-state index contributed by atoms with van der Waals surface area (Å²) in [5, 5.41) is 7.21. The van der Waals surface area contributed by atoms with Crippen LogP contribution in [0.25, 0.3) is 21.5 Å². The number of ether oxygens (including phenoxy) is 1. The molecule has 1 aliphatic carbocycles. The third kappa shape index (κ3) is 5.11. The quantitative estimate of drug-likeness (QED) is 0.285. The van der Waals surface area contributed by atoms with Crippen LogP contribution in [0.3, 0.4) is 0 Å². The lowest BCUT2D eigenvalue weighted by Crippen LogP contribution is -2.54. The Labute approximate surface area is 271 Å². The van der Waals surface area contributed by atoms with E-state index in [4.69, 9.17) is 15.5 Å². The maximum absolute atomic E-state index is 15.5. The number of thiazole rings is 1. The summed E-state index contributed by atoms with van der Waals surface area (Å²) in [6.07, 6.45) is 8.65. The van der Waals surface area contributed by atoms with Gasteiger partial charge in [0.15, 0.2) is 5.13 Å². The van der Waals surface area contributed by atoms with Crippen molar-refractivity contribution in [3.8, 4) is 17.3 Å². The van der Waals surface area contributed by atoms with Crippen LogP contribution in [0.15, 0.2) is 24.8 Å². The van der Waals surface area contributed by atoms with Gasteiger partial charge in [-0.25, -0.2) is 23.5 Å². The lowest BCUT2D eigenvalue weighted by molar-refractivity contribution is -0.134. The number of rotatable bonds is 8. The fourth-order valence-corrected chi connectivity index (χ4v) is 8.39. The molecule has 3 N–H and O–H groups in total. The number of halogens is 2. The molecule has 17 heteroatoms. The minimum absolute atomic E-state index is 0.0133. The Morgan fingerprint density at radius 3 is 2.57 bits per heavy atom. The van der Waals surface area contributed by atoms with Gasteiger partial charge in [0.1, 0.15) is 42.3 Å². The van der Waals surface area contributed by atoms with Crippen molar-refractivity contribution in [1.82, 2.24) is 44.4 Å². The van der Waals surface area contributed by atoms with E-state index in [1.807, 2.05) is 0 Å². The van der Waals surface area contributed by atoms with Gasteiger partial charge in [-0.15, -0.1) is 0 Å². The number of anilines is 2. The predicted molar refractivity (Wildman–Crippen MR) is 168 cm³/mol. The zero-order chi connectivity index (χ0) is 32.3. The third-order valence-electron chi connectivity index (χ3n) is 9.92. The first kappa shape index (κ1) is 29.9. The van der Waals surface area contributed by atoms with E-state index in [1.54, 1.807) is 11.0 Å². The number of benzene rings is 1. The molecule has 8 rings (SSSR count). The van der Waals surface area contributed by atoms with E-state index in [2.05, 4.69) is 30.3 Å². The maximum Gasteiger partial charge on any atom is 0.346 e. The zero-order valence-corrected chi connectivity index (χ0v) is 26.3. The summed E-state index contributed by atoms with van der Waals surface area (Å²) >= 11 is 0.941. The summed E-state index contributed by atoms with van der Waals surface area (Å²) in [4.78, 5) is 48.5. The van der Waals surface area contributed by atoms with E-state index in [0.717, 1.165) is 73.7 Å². The first-order valence-corrected chi connectivity index (χ1v) is 16.6. The number of hydrogen-bond donors (Lipinski definition) is 2. The normalized spacial score (nSPS) is 20.2. The number of aromatic nitrogens is 6. The second-order valence-corrected chi connectivity index (χ2v) is 13.6. The number of nitrogens with zero attached hydrogens (tertiary/aromatic N) is 9. The second-order valence-electron chi connectivity index (χ2n) is 12.5. The van der Waals surface area contributed by atoms with Crippen LogP contribution in [0.2, 0.25) is 0 Å². The van der Waals surface area contributed by atoms with Crippen LogP contribution in [0.1, 0.15) is 38.5 Å². The lowest BCUT2D eigenvalue weighted by Gasteiger charge is -2.40. The molecular formula is C30H33F2N11O3S. The third-order valence-corrected chi connectivity index (χ3v) is 10.8. The van der Waals surface area contributed by atoms with Crippen molar-refractivity contribution >= 4 is 44.4 Å². The van der Waals surface area contributed by atoms with Gasteiger partial charge in [0, 0.05) is 38.3 Å². The zero-order valence-electron chi connectivity index (χ0n) is 25.5. The number of carbonyl (C=O) groups is 2. The fraction of sp³-hybridized carbons (Fsp3) is 0.500. The molecule has 3 aromatic heterocycles. The summed E-state index contributed by atoms with van der Waals surface area (Å²) in [6.45, 7) is 3.35. The molecule has 4 fully saturated rings. The highest BCUT2D eigenvalue weighted by atomic mass is 32.1. The van der Waals surface area contributed by atoms with Gasteiger partial charge in [0.05, 0.1) is 27.0 Å². The number of amides is 2. The summed E-state index contributed by atoms with van der Waals surface area (Å²) in [5.41, 5.74) is 5.71. The smallest absolute Gasteiger partial charge is 0.346 e. The molecular weight excluding hydrogens is 632 g/mol. The highest BCUT2D eigenvalue weighted by Crippen LogP contribution is 2.58. The van der Waals surface area contributed by atoms with Gasteiger partial charge in [-0.1, -0.05) is 11.3 Å². The maximum atomic E-state index is 15.5. The average Bonchev–Trinajstić information content (AvgIpc) is 3.51. The summed E-state index contributed by atoms with van der Waals surface area (Å²) in [7, 11) is 0. The van der Waals surface area contributed by atoms with E-state index in [0.29, 0.717) is 32.0 Å².